The second-order valence-electron chi connectivity index (χ2n) is 3.44. The highest BCUT2D eigenvalue weighted by molar-refractivity contribution is 5.34. The average Bonchev–Trinajstić information content (AvgIpc) is 2.67. The van der Waals surface area contributed by atoms with Crippen LogP contribution in [0.4, 0.5) is 0 Å². The number of benzene rings is 1. The van der Waals surface area contributed by atoms with Crippen molar-refractivity contribution in [1.29, 1.82) is 0 Å². The van der Waals surface area contributed by atoms with Crippen LogP contribution in [-0.4, -0.2) is 9.78 Å². The van der Waals surface area contributed by atoms with Gasteiger partial charge in [0, 0.05) is 11.8 Å². The van der Waals surface area contributed by atoms with Crippen LogP contribution >= 0.6 is 0 Å². The number of aromatic nitrogens is 2. The van der Waals surface area contributed by atoms with E-state index in [-0.39, 0.29) is 0 Å². The van der Waals surface area contributed by atoms with E-state index in [1.807, 2.05) is 48.3 Å². The molecule has 0 fully saturated rings. The van der Waals surface area contributed by atoms with E-state index in [0.29, 0.717) is 6.54 Å². The van der Waals surface area contributed by atoms with Gasteiger partial charge in [-0.2, -0.15) is 5.10 Å². The Labute approximate surface area is 88.8 Å². The van der Waals surface area contributed by atoms with E-state index < -0.39 is 0 Å². The van der Waals surface area contributed by atoms with Crippen molar-refractivity contribution in [2.24, 2.45) is 0 Å². The van der Waals surface area contributed by atoms with Gasteiger partial charge in [0.1, 0.15) is 0 Å². The normalized spacial score (nSPS) is 9.87. The van der Waals surface area contributed by atoms with E-state index in [2.05, 4.69) is 9.94 Å². The molecule has 0 radical (unpaired) electrons. The summed E-state index contributed by atoms with van der Waals surface area (Å²) < 4.78 is 1.83. The van der Waals surface area contributed by atoms with Crippen LogP contribution in [0.25, 0.3) is 10.5 Å². The minimum Gasteiger partial charge on any atom is -0.312 e. The molecule has 3 nitrogen and oxygen atoms in total. The summed E-state index contributed by atoms with van der Waals surface area (Å²) in [6.45, 7) is 9.22. The molecule has 0 atom stereocenters. The van der Waals surface area contributed by atoms with Gasteiger partial charge in [-0.1, -0.05) is 0 Å². The summed E-state index contributed by atoms with van der Waals surface area (Å²) in [6.07, 6.45) is 3.80. The fraction of sp³-hybridized carbons (Fsp3) is 0.167. The lowest BCUT2D eigenvalue weighted by Crippen LogP contribution is -1.93. The quantitative estimate of drug-likeness (QED) is 0.678. The molecule has 0 bridgehead atoms. The molecule has 1 heterocycles. The minimum absolute atomic E-state index is 0.443. The Morgan fingerprint density at radius 3 is 2.60 bits per heavy atom. The summed E-state index contributed by atoms with van der Waals surface area (Å²) >= 11 is 0. The third kappa shape index (κ3) is 2.05. The molecular formula is C12H11N3. The van der Waals surface area contributed by atoms with Crippen LogP contribution in [0.15, 0.2) is 36.7 Å². The van der Waals surface area contributed by atoms with Crippen molar-refractivity contribution in [1.82, 2.24) is 9.78 Å². The molecule has 15 heavy (non-hydrogen) atoms. The average molecular weight is 197 g/mol. The van der Waals surface area contributed by atoms with Crippen LogP contribution in [0.3, 0.4) is 0 Å². The number of hydrogen-bond donors (Lipinski definition) is 0. The maximum absolute atomic E-state index is 6.77. The van der Waals surface area contributed by atoms with Crippen molar-refractivity contribution in [3.63, 3.8) is 0 Å². The number of hydrogen-bond acceptors (Lipinski definition) is 1. The van der Waals surface area contributed by atoms with E-state index in [0.717, 1.165) is 16.8 Å². The number of rotatable bonds is 2. The standard InChI is InChI=1S/C12H11N3/c1-10-7-14-15(9-10)12-5-3-11(4-6-12)8-13-2/h3-7,9H,8H2,1H3. The summed E-state index contributed by atoms with van der Waals surface area (Å²) in [6, 6.07) is 7.88. The van der Waals surface area contributed by atoms with Crippen molar-refractivity contribution < 1.29 is 0 Å². The van der Waals surface area contributed by atoms with Gasteiger partial charge in [0.15, 0.2) is 0 Å². The monoisotopic (exact) mass is 197 g/mol. The highest BCUT2D eigenvalue weighted by Gasteiger charge is 1.99. The summed E-state index contributed by atoms with van der Waals surface area (Å²) in [5, 5.41) is 4.22. The zero-order chi connectivity index (χ0) is 10.7. The lowest BCUT2D eigenvalue weighted by atomic mass is 10.2. The van der Waals surface area contributed by atoms with Gasteiger partial charge in [-0.15, -0.1) is 0 Å². The third-order valence-corrected chi connectivity index (χ3v) is 2.17. The van der Waals surface area contributed by atoms with Crippen LogP contribution in [0.5, 0.6) is 0 Å². The summed E-state index contributed by atoms with van der Waals surface area (Å²) in [4.78, 5) is 3.34. The molecule has 2 rings (SSSR count). The highest BCUT2D eigenvalue weighted by Crippen LogP contribution is 2.10. The molecule has 1 aromatic carbocycles. The molecule has 0 amide bonds. The Hall–Kier alpha value is -2.08. The van der Waals surface area contributed by atoms with Gasteiger partial charge < -0.3 is 4.85 Å². The number of nitrogens with zero attached hydrogens (tertiary/aromatic N) is 3. The van der Waals surface area contributed by atoms with Gasteiger partial charge in [0.25, 0.3) is 0 Å². The predicted molar refractivity (Wildman–Crippen MR) is 58.6 cm³/mol. The van der Waals surface area contributed by atoms with Crippen molar-refractivity contribution >= 4 is 0 Å². The number of aryl methyl sites for hydroxylation is 1. The van der Waals surface area contributed by atoms with Crippen molar-refractivity contribution in [3.8, 4) is 5.69 Å². The Bertz CT molecular complexity index is 488. The highest BCUT2D eigenvalue weighted by atomic mass is 15.3. The van der Waals surface area contributed by atoms with E-state index in [9.17, 15) is 0 Å². The molecule has 3 heteroatoms. The molecule has 2 aromatic rings. The van der Waals surface area contributed by atoms with Gasteiger partial charge in [-0.05, 0) is 36.8 Å². The maximum atomic E-state index is 6.77. The van der Waals surface area contributed by atoms with Gasteiger partial charge >= 0.3 is 0 Å². The molecular weight excluding hydrogens is 186 g/mol. The van der Waals surface area contributed by atoms with Gasteiger partial charge in [0.2, 0.25) is 6.54 Å². The first-order valence-electron chi connectivity index (χ1n) is 4.73. The van der Waals surface area contributed by atoms with Crippen molar-refractivity contribution in [2.75, 3.05) is 0 Å². The molecule has 0 saturated carbocycles. The molecule has 0 saturated heterocycles. The molecule has 0 N–H and O–H groups in total. The lowest BCUT2D eigenvalue weighted by molar-refractivity contribution is 0.879. The fourth-order valence-corrected chi connectivity index (χ4v) is 1.40. The molecule has 0 spiro atoms. The Balaban J connectivity index is 2.28. The molecule has 0 aliphatic rings. The molecule has 74 valence electrons. The van der Waals surface area contributed by atoms with Crippen LogP contribution in [0, 0.1) is 13.5 Å². The topological polar surface area (TPSA) is 22.2 Å². The van der Waals surface area contributed by atoms with E-state index in [1.54, 1.807) is 0 Å². The van der Waals surface area contributed by atoms with Gasteiger partial charge in [0.05, 0.1) is 11.9 Å². The summed E-state index contributed by atoms with van der Waals surface area (Å²) in [5.74, 6) is 0. The van der Waals surface area contributed by atoms with E-state index in [4.69, 9.17) is 6.57 Å². The fourth-order valence-electron chi connectivity index (χ4n) is 1.40. The van der Waals surface area contributed by atoms with Crippen LogP contribution in [0.2, 0.25) is 0 Å². The van der Waals surface area contributed by atoms with Crippen LogP contribution in [0.1, 0.15) is 11.1 Å². The van der Waals surface area contributed by atoms with E-state index >= 15 is 0 Å². The molecule has 0 aliphatic heterocycles. The summed E-state index contributed by atoms with van der Waals surface area (Å²) in [5.41, 5.74) is 3.20. The summed E-state index contributed by atoms with van der Waals surface area (Å²) in [7, 11) is 0. The van der Waals surface area contributed by atoms with Gasteiger partial charge in [-0.25, -0.2) is 11.3 Å². The minimum atomic E-state index is 0.443. The Morgan fingerprint density at radius 1 is 1.33 bits per heavy atom. The predicted octanol–water partition coefficient (Wildman–Crippen LogP) is 2.60. The zero-order valence-electron chi connectivity index (χ0n) is 8.51. The second-order valence-corrected chi connectivity index (χ2v) is 3.44. The smallest absolute Gasteiger partial charge is 0.239 e. The zero-order valence-corrected chi connectivity index (χ0v) is 8.51. The van der Waals surface area contributed by atoms with Crippen LogP contribution < -0.4 is 0 Å². The molecule has 0 aliphatic carbocycles. The SMILES string of the molecule is [C-]#[N+]Cc1ccc(-n2cc(C)cn2)cc1. The first-order chi connectivity index (χ1) is 7.29. The Morgan fingerprint density at radius 2 is 2.07 bits per heavy atom. The van der Waals surface area contributed by atoms with Crippen LogP contribution in [-0.2, 0) is 6.54 Å². The van der Waals surface area contributed by atoms with Crippen molar-refractivity contribution in [3.05, 3.63) is 59.2 Å². The Kier molecular flexibility index (Phi) is 2.51. The largest absolute Gasteiger partial charge is 0.312 e. The first kappa shape index (κ1) is 9.47. The third-order valence-electron chi connectivity index (χ3n) is 2.17. The maximum Gasteiger partial charge on any atom is 0.239 e. The molecule has 1 aromatic heterocycles. The second kappa shape index (κ2) is 3.97. The first-order valence-corrected chi connectivity index (χ1v) is 4.73. The van der Waals surface area contributed by atoms with Crippen molar-refractivity contribution in [2.45, 2.75) is 13.5 Å². The van der Waals surface area contributed by atoms with Gasteiger partial charge in [-0.3, -0.25) is 0 Å². The molecule has 0 unspecified atom stereocenters. The lowest BCUT2D eigenvalue weighted by Gasteiger charge is -2.00. The van der Waals surface area contributed by atoms with E-state index in [1.165, 1.54) is 0 Å².